The predicted molar refractivity (Wildman–Crippen MR) is 64.7 cm³/mol. The monoisotopic (exact) mass is 220 g/mol. The van der Waals surface area contributed by atoms with Crippen LogP contribution in [0.3, 0.4) is 0 Å². The third kappa shape index (κ3) is 1.82. The van der Waals surface area contributed by atoms with Gasteiger partial charge in [0.2, 0.25) is 0 Å². The van der Waals surface area contributed by atoms with Crippen molar-refractivity contribution in [3.8, 4) is 5.75 Å². The Morgan fingerprint density at radius 3 is 2.75 bits per heavy atom. The van der Waals surface area contributed by atoms with E-state index in [9.17, 15) is 5.11 Å². The summed E-state index contributed by atoms with van der Waals surface area (Å²) < 4.78 is 5.96. The lowest BCUT2D eigenvalue weighted by molar-refractivity contribution is -0.0119. The number of hydrogen-bond donors (Lipinski definition) is 1. The van der Waals surface area contributed by atoms with Gasteiger partial charge in [0.25, 0.3) is 0 Å². The minimum atomic E-state index is -0.0200. The van der Waals surface area contributed by atoms with Gasteiger partial charge in [-0.25, -0.2) is 0 Å². The largest absolute Gasteiger partial charge is 0.508 e. The van der Waals surface area contributed by atoms with Gasteiger partial charge in [-0.05, 0) is 37.0 Å². The van der Waals surface area contributed by atoms with Crippen molar-refractivity contribution in [1.82, 2.24) is 0 Å². The van der Waals surface area contributed by atoms with Gasteiger partial charge in [0.15, 0.2) is 0 Å². The van der Waals surface area contributed by atoms with E-state index < -0.39 is 0 Å². The highest BCUT2D eigenvalue weighted by atomic mass is 16.5. The molecule has 1 aromatic carbocycles. The maximum absolute atomic E-state index is 9.55. The smallest absolute Gasteiger partial charge is 0.115 e. The van der Waals surface area contributed by atoms with Crippen LogP contribution in [0.5, 0.6) is 5.75 Å². The first-order valence-corrected chi connectivity index (χ1v) is 6.14. The highest BCUT2D eigenvalue weighted by molar-refractivity contribution is 5.32. The first-order chi connectivity index (χ1) is 7.72. The van der Waals surface area contributed by atoms with Gasteiger partial charge in [-0.15, -0.1) is 0 Å². The molecule has 2 heteroatoms. The molecule has 88 valence electrons. The van der Waals surface area contributed by atoms with Gasteiger partial charge in [-0.2, -0.15) is 0 Å². The van der Waals surface area contributed by atoms with E-state index in [0.717, 1.165) is 25.9 Å². The molecule has 1 aliphatic rings. The van der Waals surface area contributed by atoms with Crippen LogP contribution in [0.4, 0.5) is 0 Å². The summed E-state index contributed by atoms with van der Waals surface area (Å²) in [7, 11) is 0. The molecule has 16 heavy (non-hydrogen) atoms. The fourth-order valence-electron chi connectivity index (χ4n) is 2.90. The predicted octanol–water partition coefficient (Wildman–Crippen LogP) is 3.45. The molecule has 0 bridgehead atoms. The summed E-state index contributed by atoms with van der Waals surface area (Å²) in [6.07, 6.45) is 3.12. The quantitative estimate of drug-likeness (QED) is 0.845. The van der Waals surface area contributed by atoms with E-state index in [2.05, 4.69) is 19.9 Å². The third-order valence-corrected chi connectivity index (χ3v) is 3.90. The Labute approximate surface area is 97.3 Å². The van der Waals surface area contributed by atoms with E-state index in [1.165, 1.54) is 5.56 Å². The Kier molecular flexibility index (Phi) is 3.20. The Balaban J connectivity index is 2.32. The van der Waals surface area contributed by atoms with Gasteiger partial charge >= 0.3 is 0 Å². The zero-order valence-corrected chi connectivity index (χ0v) is 10.1. The molecular formula is C14H20O2. The van der Waals surface area contributed by atoms with Crippen molar-refractivity contribution in [2.75, 3.05) is 6.61 Å². The van der Waals surface area contributed by atoms with Crippen molar-refractivity contribution in [3.63, 3.8) is 0 Å². The van der Waals surface area contributed by atoms with E-state index in [-0.39, 0.29) is 5.60 Å². The Hall–Kier alpha value is -1.02. The van der Waals surface area contributed by atoms with Crippen molar-refractivity contribution in [1.29, 1.82) is 0 Å². The number of phenolic OH excluding ortho intramolecular Hbond substituents is 1. The normalized spacial score (nSPS) is 23.5. The summed E-state index contributed by atoms with van der Waals surface area (Å²) in [5.74, 6) is 0.778. The topological polar surface area (TPSA) is 29.5 Å². The highest BCUT2D eigenvalue weighted by Gasteiger charge is 2.42. The van der Waals surface area contributed by atoms with E-state index in [4.69, 9.17) is 4.74 Å². The van der Waals surface area contributed by atoms with Crippen molar-refractivity contribution >= 4 is 0 Å². The van der Waals surface area contributed by atoms with Crippen molar-refractivity contribution < 1.29 is 9.84 Å². The third-order valence-electron chi connectivity index (χ3n) is 3.90. The lowest BCUT2D eigenvalue weighted by Crippen LogP contribution is -2.32. The Morgan fingerprint density at radius 2 is 2.12 bits per heavy atom. The molecule has 1 aliphatic heterocycles. The fourth-order valence-corrected chi connectivity index (χ4v) is 2.90. The molecule has 0 saturated carbocycles. The molecule has 0 spiro atoms. The maximum atomic E-state index is 9.55. The Morgan fingerprint density at radius 1 is 1.38 bits per heavy atom. The van der Waals surface area contributed by atoms with Crippen LogP contribution in [0.1, 0.15) is 44.6 Å². The average Bonchev–Trinajstić information content (AvgIpc) is 2.73. The highest BCUT2D eigenvalue weighted by Crippen LogP contribution is 2.44. The van der Waals surface area contributed by atoms with Gasteiger partial charge in [-0.1, -0.05) is 26.0 Å². The molecular weight excluding hydrogens is 200 g/mol. The first-order valence-electron chi connectivity index (χ1n) is 6.14. The molecule has 1 N–H and O–H groups in total. The van der Waals surface area contributed by atoms with Gasteiger partial charge in [0, 0.05) is 12.5 Å². The SMILES string of the molecule is CCC1(CC)OCCC1c1cccc(O)c1. The summed E-state index contributed by atoms with van der Waals surface area (Å²) in [6.45, 7) is 5.21. The molecule has 1 heterocycles. The van der Waals surface area contributed by atoms with Crippen LogP contribution in [-0.2, 0) is 4.74 Å². The number of rotatable bonds is 3. The second kappa shape index (κ2) is 4.46. The molecule has 2 rings (SSSR count). The molecule has 1 unspecified atom stereocenters. The lowest BCUT2D eigenvalue weighted by Gasteiger charge is -2.32. The number of aromatic hydroxyl groups is 1. The molecule has 0 amide bonds. The van der Waals surface area contributed by atoms with Crippen molar-refractivity contribution in [2.24, 2.45) is 0 Å². The van der Waals surface area contributed by atoms with Crippen LogP contribution in [0.2, 0.25) is 0 Å². The van der Waals surface area contributed by atoms with Crippen LogP contribution < -0.4 is 0 Å². The number of hydrogen-bond acceptors (Lipinski definition) is 2. The summed E-state index contributed by atoms with van der Waals surface area (Å²) in [5, 5.41) is 9.55. The van der Waals surface area contributed by atoms with Crippen LogP contribution >= 0.6 is 0 Å². The zero-order valence-electron chi connectivity index (χ0n) is 10.1. The van der Waals surface area contributed by atoms with E-state index >= 15 is 0 Å². The fraction of sp³-hybridized carbons (Fsp3) is 0.571. The summed E-state index contributed by atoms with van der Waals surface area (Å²) in [5.41, 5.74) is 1.19. The summed E-state index contributed by atoms with van der Waals surface area (Å²) in [6, 6.07) is 7.61. The number of phenols is 1. The maximum Gasteiger partial charge on any atom is 0.115 e. The summed E-state index contributed by atoms with van der Waals surface area (Å²) >= 11 is 0. The second-order valence-corrected chi connectivity index (χ2v) is 4.56. The molecule has 0 aromatic heterocycles. The number of benzene rings is 1. The van der Waals surface area contributed by atoms with Crippen molar-refractivity contribution in [2.45, 2.75) is 44.6 Å². The van der Waals surface area contributed by atoms with Gasteiger partial charge in [-0.3, -0.25) is 0 Å². The lowest BCUT2D eigenvalue weighted by atomic mass is 9.78. The van der Waals surface area contributed by atoms with Gasteiger partial charge < -0.3 is 9.84 Å². The van der Waals surface area contributed by atoms with Crippen LogP contribution in [0, 0.1) is 0 Å². The molecule has 1 aromatic rings. The van der Waals surface area contributed by atoms with Gasteiger partial charge in [0.05, 0.1) is 5.60 Å². The van der Waals surface area contributed by atoms with Crippen LogP contribution in [0.15, 0.2) is 24.3 Å². The minimum Gasteiger partial charge on any atom is -0.508 e. The molecule has 2 nitrogen and oxygen atoms in total. The molecule has 0 radical (unpaired) electrons. The average molecular weight is 220 g/mol. The van der Waals surface area contributed by atoms with E-state index in [0.29, 0.717) is 11.7 Å². The first kappa shape index (κ1) is 11.5. The van der Waals surface area contributed by atoms with E-state index in [1.807, 2.05) is 12.1 Å². The minimum absolute atomic E-state index is 0.0200. The molecule has 0 aliphatic carbocycles. The Bertz CT molecular complexity index is 356. The van der Waals surface area contributed by atoms with Crippen LogP contribution in [0.25, 0.3) is 0 Å². The van der Waals surface area contributed by atoms with Crippen LogP contribution in [-0.4, -0.2) is 17.3 Å². The second-order valence-electron chi connectivity index (χ2n) is 4.56. The molecule has 1 saturated heterocycles. The standard InChI is InChI=1S/C14H20O2/c1-3-14(4-2)13(8-9-16-14)11-6-5-7-12(15)10-11/h5-7,10,13,15H,3-4,8-9H2,1-2H3. The molecule has 1 fully saturated rings. The molecule has 1 atom stereocenters. The zero-order chi connectivity index (χ0) is 11.6. The summed E-state index contributed by atoms with van der Waals surface area (Å²) in [4.78, 5) is 0. The number of ether oxygens (including phenoxy) is 1. The van der Waals surface area contributed by atoms with Gasteiger partial charge in [0.1, 0.15) is 5.75 Å². The van der Waals surface area contributed by atoms with Crippen molar-refractivity contribution in [3.05, 3.63) is 29.8 Å². The van der Waals surface area contributed by atoms with E-state index in [1.54, 1.807) is 6.07 Å².